The van der Waals surface area contributed by atoms with Crippen molar-refractivity contribution in [2.75, 3.05) is 32.1 Å². The van der Waals surface area contributed by atoms with Gasteiger partial charge in [0.1, 0.15) is 11.8 Å². The Kier molecular flexibility index (Phi) is 7.31. The Balaban J connectivity index is 1.73. The molecule has 6 heteroatoms. The number of carbonyl (C=O) groups excluding carboxylic acids is 1. The van der Waals surface area contributed by atoms with Crippen LogP contribution in [0.5, 0.6) is 5.75 Å². The van der Waals surface area contributed by atoms with Gasteiger partial charge in [-0.2, -0.15) is 0 Å². The van der Waals surface area contributed by atoms with E-state index in [0.717, 1.165) is 31.6 Å². The van der Waals surface area contributed by atoms with Crippen LogP contribution in [0.15, 0.2) is 48.5 Å². The van der Waals surface area contributed by atoms with Crippen molar-refractivity contribution in [1.29, 1.82) is 0 Å². The molecule has 1 aliphatic heterocycles. The van der Waals surface area contributed by atoms with Gasteiger partial charge in [-0.15, -0.1) is 0 Å². The van der Waals surface area contributed by atoms with Crippen LogP contribution in [-0.4, -0.2) is 43.6 Å². The summed E-state index contributed by atoms with van der Waals surface area (Å²) in [6.07, 6.45) is 2.38. The molecular weight excluding hydrogens is 374 g/mol. The Labute approximate surface area is 172 Å². The first-order chi connectivity index (χ1) is 13.6. The van der Waals surface area contributed by atoms with Crippen LogP contribution in [0.4, 0.5) is 5.69 Å². The number of likely N-dealkylation sites (N-methyl/N-ethyl adjacent to an activating group) is 1. The molecule has 2 aromatic rings. The number of amides is 1. The normalized spacial score (nSPS) is 18.0. The molecule has 150 valence electrons. The van der Waals surface area contributed by atoms with E-state index >= 15 is 0 Å². The number of benzene rings is 2. The number of nitrogens with zero attached hydrogens (tertiary/aromatic N) is 1. The van der Waals surface area contributed by atoms with Crippen LogP contribution >= 0.6 is 11.6 Å². The summed E-state index contributed by atoms with van der Waals surface area (Å²) >= 11 is 6.19. The van der Waals surface area contributed by atoms with Gasteiger partial charge >= 0.3 is 0 Å². The first-order valence-corrected chi connectivity index (χ1v) is 10.2. The molecule has 1 amide bonds. The zero-order valence-electron chi connectivity index (χ0n) is 16.5. The molecule has 0 saturated carbocycles. The number of likely N-dealkylation sites (tertiary alicyclic amines) is 1. The maximum absolute atomic E-state index is 13.1. The van der Waals surface area contributed by atoms with Crippen LogP contribution in [0.2, 0.25) is 5.02 Å². The summed E-state index contributed by atoms with van der Waals surface area (Å²) in [5.74, 6) is 0.478. The predicted octanol–water partition coefficient (Wildman–Crippen LogP) is 4.10. The fourth-order valence-electron chi connectivity index (χ4n) is 3.76. The lowest BCUT2D eigenvalue weighted by Crippen LogP contribution is -2.42. The molecule has 0 aliphatic carbocycles. The fraction of sp³-hybridized carbons (Fsp3) is 0.409. The van der Waals surface area contributed by atoms with E-state index in [2.05, 4.69) is 22.5 Å². The lowest BCUT2D eigenvalue weighted by molar-refractivity contribution is -0.118. The van der Waals surface area contributed by atoms with Crippen molar-refractivity contribution in [3.8, 4) is 5.75 Å². The van der Waals surface area contributed by atoms with Crippen LogP contribution in [0, 0.1) is 0 Å². The van der Waals surface area contributed by atoms with Gasteiger partial charge in [0.2, 0.25) is 5.91 Å². The molecule has 2 aromatic carbocycles. The van der Waals surface area contributed by atoms with Crippen molar-refractivity contribution in [3.63, 3.8) is 0 Å². The van der Waals surface area contributed by atoms with E-state index in [0.29, 0.717) is 22.5 Å². The van der Waals surface area contributed by atoms with E-state index in [4.69, 9.17) is 16.3 Å². The monoisotopic (exact) mass is 401 g/mol. The van der Waals surface area contributed by atoms with E-state index in [1.165, 1.54) is 6.42 Å². The van der Waals surface area contributed by atoms with Crippen LogP contribution in [-0.2, 0) is 4.79 Å². The minimum Gasteiger partial charge on any atom is -0.495 e. The van der Waals surface area contributed by atoms with E-state index in [1.54, 1.807) is 25.3 Å². The van der Waals surface area contributed by atoms with Crippen molar-refractivity contribution < 1.29 is 9.53 Å². The molecule has 1 aliphatic rings. The lowest BCUT2D eigenvalue weighted by Gasteiger charge is -2.26. The highest BCUT2D eigenvalue weighted by molar-refractivity contribution is 6.32. The van der Waals surface area contributed by atoms with Crippen molar-refractivity contribution >= 4 is 23.2 Å². The highest BCUT2D eigenvalue weighted by atomic mass is 35.5. The second kappa shape index (κ2) is 9.92. The third kappa shape index (κ3) is 5.04. The van der Waals surface area contributed by atoms with Gasteiger partial charge in [0, 0.05) is 18.3 Å². The smallest absolute Gasteiger partial charge is 0.246 e. The van der Waals surface area contributed by atoms with E-state index in [9.17, 15) is 4.79 Å². The van der Waals surface area contributed by atoms with Crippen LogP contribution in [0.1, 0.15) is 31.4 Å². The number of methoxy groups -OCH3 is 1. The van der Waals surface area contributed by atoms with Gasteiger partial charge in [-0.05, 0) is 49.7 Å². The standard InChI is InChI=1S/C22H28ClN3O2/c1-3-26-13-7-10-18(26)15-24-21(16-8-5-4-6-9-16)22(27)25-17-11-12-20(28-2)19(23)14-17/h4-6,8-9,11-12,14,18,21,24H,3,7,10,13,15H2,1-2H3,(H,25,27)/t18-,21-/m1/s1. The molecule has 0 spiro atoms. The van der Waals surface area contributed by atoms with Crippen LogP contribution < -0.4 is 15.4 Å². The third-order valence-electron chi connectivity index (χ3n) is 5.28. The van der Waals surface area contributed by atoms with Gasteiger partial charge in [-0.3, -0.25) is 9.69 Å². The second-order valence-corrected chi connectivity index (χ2v) is 7.42. The molecule has 2 atom stereocenters. The van der Waals surface area contributed by atoms with Gasteiger partial charge in [-0.25, -0.2) is 0 Å². The van der Waals surface area contributed by atoms with E-state index in [-0.39, 0.29) is 5.91 Å². The largest absolute Gasteiger partial charge is 0.495 e. The van der Waals surface area contributed by atoms with E-state index < -0.39 is 6.04 Å². The van der Waals surface area contributed by atoms with Gasteiger partial charge in [0.05, 0.1) is 12.1 Å². The van der Waals surface area contributed by atoms with Gasteiger partial charge in [0.25, 0.3) is 0 Å². The number of nitrogens with one attached hydrogen (secondary N) is 2. The molecule has 0 radical (unpaired) electrons. The summed E-state index contributed by atoms with van der Waals surface area (Å²) in [7, 11) is 1.57. The Bertz CT molecular complexity index is 785. The number of hydrogen-bond acceptors (Lipinski definition) is 4. The minimum atomic E-state index is -0.429. The summed E-state index contributed by atoms with van der Waals surface area (Å²) in [5, 5.41) is 6.93. The quantitative estimate of drug-likeness (QED) is 0.699. The Morgan fingerprint density at radius 3 is 2.75 bits per heavy atom. The fourth-order valence-corrected chi connectivity index (χ4v) is 4.02. The first kappa shape index (κ1) is 20.6. The molecule has 1 saturated heterocycles. The van der Waals surface area contributed by atoms with Crippen LogP contribution in [0.25, 0.3) is 0 Å². The van der Waals surface area contributed by atoms with Gasteiger partial charge in [-0.1, -0.05) is 48.9 Å². The van der Waals surface area contributed by atoms with Gasteiger partial charge < -0.3 is 15.4 Å². The maximum Gasteiger partial charge on any atom is 0.246 e. The molecule has 2 N–H and O–H groups in total. The lowest BCUT2D eigenvalue weighted by atomic mass is 10.1. The second-order valence-electron chi connectivity index (χ2n) is 7.02. The average molecular weight is 402 g/mol. The number of hydrogen-bond donors (Lipinski definition) is 2. The number of carbonyl (C=O) groups is 1. The zero-order valence-corrected chi connectivity index (χ0v) is 17.2. The van der Waals surface area contributed by atoms with Gasteiger partial charge in [0.15, 0.2) is 0 Å². The third-order valence-corrected chi connectivity index (χ3v) is 5.57. The summed E-state index contributed by atoms with van der Waals surface area (Å²) < 4.78 is 5.18. The summed E-state index contributed by atoms with van der Waals surface area (Å²) in [5.41, 5.74) is 1.59. The summed E-state index contributed by atoms with van der Waals surface area (Å²) in [6, 6.07) is 15.1. The number of rotatable bonds is 8. The summed E-state index contributed by atoms with van der Waals surface area (Å²) in [4.78, 5) is 15.5. The van der Waals surface area contributed by atoms with Crippen molar-refractivity contribution in [2.24, 2.45) is 0 Å². The van der Waals surface area contributed by atoms with Crippen molar-refractivity contribution in [1.82, 2.24) is 10.2 Å². The first-order valence-electron chi connectivity index (χ1n) is 9.79. The molecule has 3 rings (SSSR count). The molecule has 1 fully saturated rings. The Morgan fingerprint density at radius 2 is 2.07 bits per heavy atom. The average Bonchev–Trinajstić information content (AvgIpc) is 3.17. The van der Waals surface area contributed by atoms with Crippen LogP contribution in [0.3, 0.4) is 0 Å². The Hall–Kier alpha value is -2.08. The van der Waals surface area contributed by atoms with Crippen molar-refractivity contribution in [2.45, 2.75) is 31.8 Å². The Morgan fingerprint density at radius 1 is 1.29 bits per heavy atom. The number of anilines is 1. The topological polar surface area (TPSA) is 53.6 Å². The highest BCUT2D eigenvalue weighted by Crippen LogP contribution is 2.28. The number of ether oxygens (including phenoxy) is 1. The number of halogens is 1. The molecule has 1 heterocycles. The molecule has 5 nitrogen and oxygen atoms in total. The molecular formula is C22H28ClN3O2. The van der Waals surface area contributed by atoms with Crippen molar-refractivity contribution in [3.05, 3.63) is 59.1 Å². The molecule has 0 aromatic heterocycles. The molecule has 0 bridgehead atoms. The predicted molar refractivity (Wildman–Crippen MR) is 114 cm³/mol. The molecule has 0 unspecified atom stereocenters. The zero-order chi connectivity index (χ0) is 19.9. The summed E-state index contributed by atoms with van der Waals surface area (Å²) in [6.45, 7) is 5.14. The molecule has 28 heavy (non-hydrogen) atoms. The van der Waals surface area contributed by atoms with E-state index in [1.807, 2.05) is 30.3 Å². The maximum atomic E-state index is 13.1. The highest BCUT2D eigenvalue weighted by Gasteiger charge is 2.26. The minimum absolute atomic E-state index is 0.103. The SMILES string of the molecule is CCN1CCC[C@@H]1CN[C@@H](C(=O)Nc1ccc(OC)c(Cl)c1)c1ccccc1.